The SMILES string of the molecule is O=C(N[C@@H](Cc1cscn1)C(=O)NN1C(=O)CC1Oc1ccccc1)OCc1ccccc1. The third-order valence-electron chi connectivity index (χ3n) is 4.87. The Kier molecular flexibility index (Phi) is 7.16. The van der Waals surface area contributed by atoms with Gasteiger partial charge in [-0.3, -0.25) is 15.0 Å². The minimum atomic E-state index is -0.999. The van der Waals surface area contributed by atoms with Gasteiger partial charge in [-0.25, -0.2) is 14.8 Å². The number of hydrogen-bond donors (Lipinski definition) is 2. The standard InChI is InChI=1S/C23H22N4O5S/c28-20-12-21(32-18-9-5-2-6-10-18)27(20)26-22(29)19(11-17-14-33-15-24-17)25-23(30)31-13-16-7-3-1-4-8-16/h1-10,14-15,19,21H,11-13H2,(H,25,30)(H,26,29)/t19-,21?/m0/s1. The maximum absolute atomic E-state index is 13.0. The second kappa shape index (κ2) is 10.6. The number of carbonyl (C=O) groups excluding carboxylic acids is 3. The fourth-order valence-electron chi connectivity index (χ4n) is 3.13. The number of ether oxygens (including phenoxy) is 2. The molecule has 1 aliphatic heterocycles. The molecule has 1 aromatic heterocycles. The minimum Gasteiger partial charge on any atom is -0.468 e. The van der Waals surface area contributed by atoms with Crippen molar-refractivity contribution >= 4 is 29.2 Å². The Bertz CT molecular complexity index is 1080. The topological polar surface area (TPSA) is 110 Å². The van der Waals surface area contributed by atoms with Gasteiger partial charge in [0.25, 0.3) is 5.91 Å². The highest BCUT2D eigenvalue weighted by Gasteiger charge is 2.40. The molecule has 2 N–H and O–H groups in total. The third-order valence-corrected chi connectivity index (χ3v) is 5.51. The van der Waals surface area contributed by atoms with Crippen molar-refractivity contribution < 1.29 is 23.9 Å². The molecule has 0 aliphatic carbocycles. The van der Waals surface area contributed by atoms with Crippen LogP contribution in [0, 0.1) is 0 Å². The predicted molar refractivity (Wildman–Crippen MR) is 120 cm³/mol. The van der Waals surface area contributed by atoms with Gasteiger partial charge in [0.05, 0.1) is 17.6 Å². The number of rotatable bonds is 9. The highest BCUT2D eigenvalue weighted by molar-refractivity contribution is 7.07. The quantitative estimate of drug-likeness (QED) is 0.469. The maximum atomic E-state index is 13.0. The number of para-hydroxylation sites is 1. The summed E-state index contributed by atoms with van der Waals surface area (Å²) in [6.07, 6.45) is -1.10. The molecule has 1 unspecified atom stereocenters. The Morgan fingerprint density at radius 2 is 1.85 bits per heavy atom. The normalized spacial score (nSPS) is 15.8. The van der Waals surface area contributed by atoms with Gasteiger partial charge < -0.3 is 14.8 Å². The average molecular weight is 467 g/mol. The summed E-state index contributed by atoms with van der Waals surface area (Å²) >= 11 is 1.38. The van der Waals surface area contributed by atoms with E-state index in [1.54, 1.807) is 23.0 Å². The molecule has 9 nitrogen and oxygen atoms in total. The lowest BCUT2D eigenvalue weighted by atomic mass is 10.1. The van der Waals surface area contributed by atoms with Crippen LogP contribution in [-0.4, -0.2) is 40.2 Å². The fourth-order valence-corrected chi connectivity index (χ4v) is 3.70. The van der Waals surface area contributed by atoms with E-state index in [1.165, 1.54) is 11.3 Å². The van der Waals surface area contributed by atoms with Crippen LogP contribution in [0.5, 0.6) is 5.75 Å². The highest BCUT2D eigenvalue weighted by Crippen LogP contribution is 2.22. The summed E-state index contributed by atoms with van der Waals surface area (Å²) < 4.78 is 11.0. The number of thiazole rings is 1. The van der Waals surface area contributed by atoms with Gasteiger partial charge in [0.15, 0.2) is 0 Å². The molecule has 3 amide bonds. The molecule has 4 rings (SSSR count). The van der Waals surface area contributed by atoms with Crippen LogP contribution in [0.2, 0.25) is 0 Å². The lowest BCUT2D eigenvalue weighted by Crippen LogP contribution is -2.65. The Hall–Kier alpha value is -3.92. The number of carbonyl (C=O) groups is 3. The van der Waals surface area contributed by atoms with Crippen molar-refractivity contribution in [1.29, 1.82) is 0 Å². The summed E-state index contributed by atoms with van der Waals surface area (Å²) in [5.41, 5.74) is 5.65. The monoisotopic (exact) mass is 466 g/mol. The lowest BCUT2D eigenvalue weighted by molar-refractivity contribution is -0.173. The Morgan fingerprint density at radius 3 is 2.52 bits per heavy atom. The average Bonchev–Trinajstić information content (AvgIpc) is 3.35. The second-order valence-electron chi connectivity index (χ2n) is 7.27. The van der Waals surface area contributed by atoms with Crippen molar-refractivity contribution in [3.63, 3.8) is 0 Å². The van der Waals surface area contributed by atoms with Crippen LogP contribution >= 0.6 is 11.3 Å². The minimum absolute atomic E-state index is 0.0648. The summed E-state index contributed by atoms with van der Waals surface area (Å²) in [5, 5.41) is 5.48. The first-order valence-electron chi connectivity index (χ1n) is 10.3. The summed E-state index contributed by atoms with van der Waals surface area (Å²) in [6, 6.07) is 17.2. The summed E-state index contributed by atoms with van der Waals surface area (Å²) in [6.45, 7) is 0.0648. The number of hydrogen-bond acceptors (Lipinski definition) is 7. The largest absolute Gasteiger partial charge is 0.468 e. The molecule has 2 heterocycles. The smallest absolute Gasteiger partial charge is 0.408 e. The van der Waals surface area contributed by atoms with Crippen molar-refractivity contribution in [1.82, 2.24) is 20.7 Å². The van der Waals surface area contributed by atoms with Crippen molar-refractivity contribution in [2.75, 3.05) is 0 Å². The van der Waals surface area contributed by atoms with E-state index < -0.39 is 24.3 Å². The third kappa shape index (κ3) is 6.07. The van der Waals surface area contributed by atoms with Gasteiger partial charge in [-0.15, -0.1) is 11.3 Å². The number of hydrazine groups is 1. The summed E-state index contributed by atoms with van der Waals surface area (Å²) in [4.78, 5) is 41.6. The van der Waals surface area contributed by atoms with E-state index in [1.807, 2.05) is 48.5 Å². The van der Waals surface area contributed by atoms with E-state index in [2.05, 4.69) is 15.7 Å². The van der Waals surface area contributed by atoms with Gasteiger partial charge >= 0.3 is 6.09 Å². The zero-order valence-electron chi connectivity index (χ0n) is 17.5. The molecule has 2 aromatic carbocycles. The van der Waals surface area contributed by atoms with Crippen molar-refractivity contribution in [2.24, 2.45) is 0 Å². The molecule has 0 bridgehead atoms. The summed E-state index contributed by atoms with van der Waals surface area (Å²) in [7, 11) is 0. The fraction of sp³-hybridized carbons (Fsp3) is 0.217. The molecular formula is C23H22N4O5S. The van der Waals surface area contributed by atoms with Crippen LogP contribution in [0.1, 0.15) is 17.7 Å². The Morgan fingerprint density at radius 1 is 1.12 bits per heavy atom. The van der Waals surface area contributed by atoms with Gasteiger partial charge in [-0.05, 0) is 17.7 Å². The van der Waals surface area contributed by atoms with Crippen LogP contribution in [0.25, 0.3) is 0 Å². The van der Waals surface area contributed by atoms with E-state index >= 15 is 0 Å². The van der Waals surface area contributed by atoms with Gasteiger partial charge in [-0.1, -0.05) is 48.5 Å². The van der Waals surface area contributed by atoms with E-state index in [-0.39, 0.29) is 25.4 Å². The van der Waals surface area contributed by atoms with Crippen LogP contribution in [-0.2, 0) is 27.4 Å². The Balaban J connectivity index is 1.37. The van der Waals surface area contributed by atoms with E-state index in [0.29, 0.717) is 11.4 Å². The van der Waals surface area contributed by atoms with Gasteiger partial charge in [0.1, 0.15) is 18.4 Å². The first-order valence-corrected chi connectivity index (χ1v) is 11.2. The van der Waals surface area contributed by atoms with E-state index in [0.717, 1.165) is 10.6 Å². The zero-order chi connectivity index (χ0) is 23.0. The predicted octanol–water partition coefficient (Wildman–Crippen LogP) is 2.65. The number of aromatic nitrogens is 1. The molecule has 33 heavy (non-hydrogen) atoms. The number of nitrogens with one attached hydrogen (secondary N) is 2. The Labute approximate surface area is 194 Å². The van der Waals surface area contributed by atoms with Crippen LogP contribution in [0.15, 0.2) is 71.6 Å². The van der Waals surface area contributed by atoms with Gasteiger partial charge in [0, 0.05) is 11.8 Å². The van der Waals surface area contributed by atoms with Crippen molar-refractivity contribution in [3.8, 4) is 5.75 Å². The molecule has 0 radical (unpaired) electrons. The van der Waals surface area contributed by atoms with Crippen molar-refractivity contribution in [2.45, 2.75) is 31.7 Å². The number of nitrogens with zero attached hydrogens (tertiary/aromatic N) is 2. The number of benzene rings is 2. The van der Waals surface area contributed by atoms with Gasteiger partial charge in [0.2, 0.25) is 12.1 Å². The zero-order valence-corrected chi connectivity index (χ0v) is 18.4. The molecule has 3 aromatic rings. The number of β-lactam (4-membered cyclic amide) rings is 1. The van der Waals surface area contributed by atoms with Crippen LogP contribution in [0.4, 0.5) is 4.79 Å². The van der Waals surface area contributed by atoms with E-state index in [4.69, 9.17) is 9.47 Å². The molecule has 10 heteroatoms. The second-order valence-corrected chi connectivity index (χ2v) is 7.99. The highest BCUT2D eigenvalue weighted by atomic mass is 32.1. The van der Waals surface area contributed by atoms with Crippen LogP contribution in [0.3, 0.4) is 0 Å². The van der Waals surface area contributed by atoms with Crippen molar-refractivity contribution in [3.05, 3.63) is 82.8 Å². The van der Waals surface area contributed by atoms with Gasteiger partial charge in [-0.2, -0.15) is 0 Å². The number of alkyl carbamates (subject to hydrolysis) is 1. The van der Waals surface area contributed by atoms with E-state index in [9.17, 15) is 14.4 Å². The maximum Gasteiger partial charge on any atom is 0.408 e. The molecule has 0 saturated carbocycles. The molecule has 1 aliphatic rings. The molecule has 170 valence electrons. The molecule has 1 fully saturated rings. The number of amides is 3. The lowest BCUT2D eigenvalue weighted by Gasteiger charge is -2.39. The molecule has 0 spiro atoms. The molecule has 2 atom stereocenters. The molecular weight excluding hydrogens is 444 g/mol. The first-order chi connectivity index (χ1) is 16.1. The molecule has 1 saturated heterocycles. The van der Waals surface area contributed by atoms with Crippen LogP contribution < -0.4 is 15.5 Å². The summed E-state index contributed by atoms with van der Waals surface area (Å²) in [5.74, 6) is -0.284. The first kappa shape index (κ1) is 22.3.